The molecule has 0 amide bonds. The van der Waals surface area contributed by atoms with Crippen molar-refractivity contribution in [1.82, 2.24) is 14.9 Å². The van der Waals surface area contributed by atoms with Crippen LogP contribution in [-0.2, 0) is 16.4 Å². The number of hydrogen-bond acceptors (Lipinski definition) is 6. The van der Waals surface area contributed by atoms with E-state index >= 15 is 0 Å². The molecule has 2 aromatic rings. The maximum atomic E-state index is 12.3. The molecule has 1 saturated carbocycles. The third-order valence-corrected chi connectivity index (χ3v) is 4.73. The number of rotatable bonds is 7. The normalized spacial score (nSPS) is 15.0. The molecule has 1 fully saturated rings. The van der Waals surface area contributed by atoms with E-state index in [2.05, 4.69) is 24.7 Å². The molecule has 0 saturated heterocycles. The lowest BCUT2D eigenvalue weighted by Gasteiger charge is -2.12. The number of sulfonamides is 1. The minimum atomic E-state index is -3.47. The Balaban J connectivity index is 1.69. The largest absolute Gasteiger partial charge is 0.383 e. The summed E-state index contributed by atoms with van der Waals surface area (Å²) >= 11 is 0. The molecule has 7 nitrogen and oxygen atoms in total. The molecule has 2 N–H and O–H groups in total. The van der Waals surface area contributed by atoms with Gasteiger partial charge in [0, 0.05) is 19.0 Å². The lowest BCUT2D eigenvalue weighted by Crippen LogP contribution is -2.26. The van der Waals surface area contributed by atoms with Crippen molar-refractivity contribution in [3.63, 3.8) is 0 Å². The second kappa shape index (κ2) is 5.82. The van der Waals surface area contributed by atoms with E-state index in [1.54, 1.807) is 24.3 Å². The molecule has 1 aliphatic rings. The van der Waals surface area contributed by atoms with Gasteiger partial charge in [0.15, 0.2) is 5.82 Å². The molecule has 112 valence electrons. The third kappa shape index (κ3) is 3.59. The fraction of sp³-hybridized carbons (Fsp3) is 0.385. The molecular weight excluding hydrogens is 292 g/mol. The standard InChI is InChI=1S/C13H16N4O3S/c18-21(19,17-10-5-6-10)12-4-2-1-3-11(12)14-8-7-13-15-9-20-16-13/h1-4,9-10,14,17H,5-8H2. The van der Waals surface area contributed by atoms with E-state index < -0.39 is 10.0 Å². The summed E-state index contributed by atoms with van der Waals surface area (Å²) in [5.74, 6) is 0.582. The Hall–Kier alpha value is -1.93. The summed E-state index contributed by atoms with van der Waals surface area (Å²) in [5, 5.41) is 6.82. The monoisotopic (exact) mass is 308 g/mol. The van der Waals surface area contributed by atoms with Crippen molar-refractivity contribution in [2.75, 3.05) is 11.9 Å². The van der Waals surface area contributed by atoms with Gasteiger partial charge in [-0.2, -0.15) is 4.98 Å². The van der Waals surface area contributed by atoms with Crippen molar-refractivity contribution in [2.45, 2.75) is 30.2 Å². The fourth-order valence-corrected chi connectivity index (χ4v) is 3.43. The first-order chi connectivity index (χ1) is 10.1. The molecule has 1 aliphatic carbocycles. The van der Waals surface area contributed by atoms with Gasteiger partial charge in [0.1, 0.15) is 4.90 Å². The molecule has 0 aliphatic heterocycles. The summed E-state index contributed by atoms with van der Waals surface area (Å²) in [4.78, 5) is 4.19. The molecule has 3 rings (SSSR count). The van der Waals surface area contributed by atoms with Gasteiger partial charge in [0.05, 0.1) is 5.69 Å². The van der Waals surface area contributed by atoms with Crippen LogP contribution in [0.25, 0.3) is 0 Å². The number of nitrogens with zero attached hydrogens (tertiary/aromatic N) is 2. The van der Waals surface area contributed by atoms with Crippen molar-refractivity contribution in [1.29, 1.82) is 0 Å². The van der Waals surface area contributed by atoms with Crippen LogP contribution < -0.4 is 10.0 Å². The van der Waals surface area contributed by atoms with Gasteiger partial charge in [-0.05, 0) is 25.0 Å². The highest BCUT2D eigenvalue weighted by molar-refractivity contribution is 7.89. The molecule has 0 bridgehead atoms. The first kappa shape index (κ1) is 14.0. The lowest BCUT2D eigenvalue weighted by molar-refractivity contribution is 0.410. The Morgan fingerprint density at radius 1 is 1.29 bits per heavy atom. The fourth-order valence-electron chi connectivity index (χ4n) is 1.94. The lowest BCUT2D eigenvalue weighted by atomic mass is 10.3. The van der Waals surface area contributed by atoms with Crippen molar-refractivity contribution < 1.29 is 12.9 Å². The van der Waals surface area contributed by atoms with Crippen LogP contribution >= 0.6 is 0 Å². The maximum absolute atomic E-state index is 12.3. The van der Waals surface area contributed by atoms with Crippen molar-refractivity contribution >= 4 is 15.7 Å². The van der Waals surface area contributed by atoms with Crippen molar-refractivity contribution in [3.8, 4) is 0 Å². The summed E-state index contributed by atoms with van der Waals surface area (Å²) in [7, 11) is -3.47. The summed E-state index contributed by atoms with van der Waals surface area (Å²) in [6, 6.07) is 6.94. The first-order valence-electron chi connectivity index (χ1n) is 6.75. The number of aromatic nitrogens is 2. The maximum Gasteiger partial charge on any atom is 0.242 e. The zero-order chi connectivity index (χ0) is 14.7. The molecule has 0 radical (unpaired) electrons. The zero-order valence-electron chi connectivity index (χ0n) is 11.3. The summed E-state index contributed by atoms with van der Waals surface area (Å²) in [6.45, 7) is 0.523. The first-order valence-corrected chi connectivity index (χ1v) is 8.24. The topological polar surface area (TPSA) is 97.1 Å². The number of para-hydroxylation sites is 1. The molecule has 0 unspecified atom stereocenters. The minimum absolute atomic E-state index is 0.0855. The molecular formula is C13H16N4O3S. The SMILES string of the molecule is O=S(=O)(NC1CC1)c1ccccc1NCCc1ncon1. The number of nitrogens with one attached hydrogen (secondary N) is 2. The quantitative estimate of drug-likeness (QED) is 0.797. The van der Waals surface area contributed by atoms with E-state index in [-0.39, 0.29) is 10.9 Å². The minimum Gasteiger partial charge on any atom is -0.383 e. The molecule has 21 heavy (non-hydrogen) atoms. The van der Waals surface area contributed by atoms with Gasteiger partial charge in [-0.1, -0.05) is 17.3 Å². The van der Waals surface area contributed by atoms with E-state index in [0.717, 1.165) is 12.8 Å². The zero-order valence-corrected chi connectivity index (χ0v) is 12.1. The van der Waals surface area contributed by atoms with Crippen LogP contribution in [0.4, 0.5) is 5.69 Å². The van der Waals surface area contributed by atoms with Crippen LogP contribution in [0.15, 0.2) is 40.1 Å². The molecule has 1 aromatic carbocycles. The number of anilines is 1. The van der Waals surface area contributed by atoms with Gasteiger partial charge in [-0.15, -0.1) is 0 Å². The molecule has 0 spiro atoms. The van der Waals surface area contributed by atoms with Crippen molar-refractivity contribution in [3.05, 3.63) is 36.5 Å². The van der Waals surface area contributed by atoms with E-state index in [4.69, 9.17) is 0 Å². The van der Waals surface area contributed by atoms with Gasteiger partial charge in [0.25, 0.3) is 0 Å². The Morgan fingerprint density at radius 2 is 2.10 bits per heavy atom. The second-order valence-electron chi connectivity index (χ2n) is 4.92. The summed E-state index contributed by atoms with van der Waals surface area (Å²) in [5.41, 5.74) is 0.578. The van der Waals surface area contributed by atoms with E-state index in [1.807, 2.05) is 0 Å². The second-order valence-corrected chi connectivity index (χ2v) is 6.60. The molecule has 1 aromatic heterocycles. The average molecular weight is 308 g/mol. The highest BCUT2D eigenvalue weighted by Crippen LogP contribution is 2.25. The Morgan fingerprint density at radius 3 is 2.81 bits per heavy atom. The Bertz CT molecular complexity index is 696. The van der Waals surface area contributed by atoms with Crippen LogP contribution in [0, 0.1) is 0 Å². The Kier molecular flexibility index (Phi) is 3.89. The van der Waals surface area contributed by atoms with Crippen LogP contribution in [-0.4, -0.2) is 31.1 Å². The van der Waals surface area contributed by atoms with E-state index in [1.165, 1.54) is 6.39 Å². The van der Waals surface area contributed by atoms with Gasteiger partial charge in [-0.25, -0.2) is 13.1 Å². The Labute approximate surface area is 122 Å². The van der Waals surface area contributed by atoms with Crippen LogP contribution in [0.5, 0.6) is 0 Å². The smallest absolute Gasteiger partial charge is 0.242 e. The highest BCUT2D eigenvalue weighted by atomic mass is 32.2. The van der Waals surface area contributed by atoms with Gasteiger partial charge in [-0.3, -0.25) is 0 Å². The number of benzene rings is 1. The van der Waals surface area contributed by atoms with Gasteiger partial charge >= 0.3 is 0 Å². The van der Waals surface area contributed by atoms with Gasteiger partial charge in [0.2, 0.25) is 16.4 Å². The predicted molar refractivity (Wildman–Crippen MR) is 76.3 cm³/mol. The van der Waals surface area contributed by atoms with E-state index in [9.17, 15) is 8.42 Å². The van der Waals surface area contributed by atoms with Crippen molar-refractivity contribution in [2.24, 2.45) is 0 Å². The average Bonchev–Trinajstić information content (AvgIpc) is 3.11. The predicted octanol–water partition coefficient (Wildman–Crippen LogP) is 1.16. The molecule has 1 heterocycles. The van der Waals surface area contributed by atoms with Crippen LogP contribution in [0.1, 0.15) is 18.7 Å². The van der Waals surface area contributed by atoms with Crippen LogP contribution in [0.2, 0.25) is 0 Å². The van der Waals surface area contributed by atoms with E-state index in [0.29, 0.717) is 24.5 Å². The molecule has 8 heteroatoms. The summed E-state index contributed by atoms with van der Waals surface area (Å²) in [6.07, 6.45) is 3.65. The number of hydrogen-bond donors (Lipinski definition) is 2. The summed E-state index contributed by atoms with van der Waals surface area (Å²) < 4.78 is 31.9. The van der Waals surface area contributed by atoms with Crippen LogP contribution in [0.3, 0.4) is 0 Å². The molecule has 0 atom stereocenters. The third-order valence-electron chi connectivity index (χ3n) is 3.15. The highest BCUT2D eigenvalue weighted by Gasteiger charge is 2.29. The van der Waals surface area contributed by atoms with Gasteiger partial charge < -0.3 is 9.84 Å².